The van der Waals surface area contributed by atoms with Crippen molar-refractivity contribution in [3.63, 3.8) is 0 Å². The predicted molar refractivity (Wildman–Crippen MR) is 60.2 cm³/mol. The third-order valence-corrected chi connectivity index (χ3v) is 2.15. The second kappa shape index (κ2) is 6.55. The highest BCUT2D eigenvalue weighted by molar-refractivity contribution is 5.92. The summed E-state index contributed by atoms with van der Waals surface area (Å²) in [7, 11) is 0. The highest BCUT2D eigenvalue weighted by atomic mass is 16.5. The summed E-state index contributed by atoms with van der Waals surface area (Å²) in [6.45, 7) is 0.922. The van der Waals surface area contributed by atoms with Gasteiger partial charge in [-0.2, -0.15) is 0 Å². The predicted octanol–water partition coefficient (Wildman–Crippen LogP) is 0.861. The molecule has 1 aromatic heterocycles. The van der Waals surface area contributed by atoms with Crippen molar-refractivity contribution in [2.45, 2.75) is 19.3 Å². The summed E-state index contributed by atoms with van der Waals surface area (Å²) in [6, 6.07) is 3.64. The van der Waals surface area contributed by atoms with Gasteiger partial charge in [0.1, 0.15) is 11.5 Å². The van der Waals surface area contributed by atoms with Gasteiger partial charge in [-0.25, -0.2) is 0 Å². The number of nitrogens with one attached hydrogen (secondary N) is 1. The average molecular weight is 221 g/mol. The Hall–Kier alpha value is -1.91. The zero-order valence-corrected chi connectivity index (χ0v) is 8.98. The van der Waals surface area contributed by atoms with E-state index in [1.807, 2.05) is 6.07 Å². The fraction of sp³-hybridized carbons (Fsp3) is 0.364. The quantitative estimate of drug-likeness (QED) is 0.309. The normalized spacial score (nSPS) is 9.75. The Bertz CT molecular complexity index is 349. The molecule has 0 amide bonds. The summed E-state index contributed by atoms with van der Waals surface area (Å²) in [5, 5.41) is 7.19. The van der Waals surface area contributed by atoms with Crippen molar-refractivity contribution in [2.24, 2.45) is 5.73 Å². The van der Waals surface area contributed by atoms with Crippen molar-refractivity contribution in [3.05, 3.63) is 29.6 Å². The Balaban J connectivity index is 2.32. The molecule has 1 rings (SSSR count). The highest BCUT2D eigenvalue weighted by Crippen LogP contribution is 2.05. The molecule has 86 valence electrons. The van der Waals surface area contributed by atoms with E-state index in [1.165, 1.54) is 0 Å². The Morgan fingerprint density at radius 1 is 1.50 bits per heavy atom. The largest absolute Gasteiger partial charge is 0.468 e. The first kappa shape index (κ1) is 12.2. The number of nitrogens with zero attached hydrogens (tertiary/aromatic N) is 1. The van der Waals surface area contributed by atoms with E-state index in [0.29, 0.717) is 18.8 Å². The van der Waals surface area contributed by atoms with Crippen molar-refractivity contribution in [1.82, 2.24) is 4.98 Å². The summed E-state index contributed by atoms with van der Waals surface area (Å²) in [5.41, 5.74) is 6.88. The van der Waals surface area contributed by atoms with Gasteiger partial charge in [0.2, 0.25) is 0 Å². The van der Waals surface area contributed by atoms with Gasteiger partial charge in [0.25, 0.3) is 6.47 Å². The van der Waals surface area contributed by atoms with Crippen LogP contribution in [-0.4, -0.2) is 23.9 Å². The van der Waals surface area contributed by atoms with Gasteiger partial charge in [0.15, 0.2) is 0 Å². The second-order valence-corrected chi connectivity index (χ2v) is 3.39. The van der Waals surface area contributed by atoms with Crippen molar-refractivity contribution in [1.29, 1.82) is 5.41 Å². The molecule has 0 aromatic carbocycles. The lowest BCUT2D eigenvalue weighted by atomic mass is 10.1. The standard InChI is InChI=1S/C11H15N3O2/c12-11(13)10-5-4-9(7-14-10)3-1-2-6-16-8-15/h4-5,7-8H,1-3,6H2,(H3,12,13). The number of unbranched alkanes of at least 4 members (excludes halogenated alkanes) is 1. The number of amidine groups is 1. The average Bonchev–Trinajstić information content (AvgIpc) is 2.29. The van der Waals surface area contributed by atoms with E-state index in [4.69, 9.17) is 11.1 Å². The van der Waals surface area contributed by atoms with Gasteiger partial charge in [-0.05, 0) is 30.9 Å². The smallest absolute Gasteiger partial charge is 0.293 e. The van der Waals surface area contributed by atoms with E-state index < -0.39 is 0 Å². The summed E-state index contributed by atoms with van der Waals surface area (Å²) in [5.74, 6) is -0.0223. The van der Waals surface area contributed by atoms with E-state index in [0.717, 1.165) is 24.8 Å². The van der Waals surface area contributed by atoms with Gasteiger partial charge < -0.3 is 10.5 Å². The van der Waals surface area contributed by atoms with E-state index >= 15 is 0 Å². The molecular formula is C11H15N3O2. The van der Waals surface area contributed by atoms with Gasteiger partial charge in [-0.1, -0.05) is 6.07 Å². The molecule has 0 saturated heterocycles. The number of aromatic nitrogens is 1. The van der Waals surface area contributed by atoms with Gasteiger partial charge in [-0.15, -0.1) is 0 Å². The molecule has 0 aliphatic carbocycles. The van der Waals surface area contributed by atoms with Crippen LogP contribution >= 0.6 is 0 Å². The molecule has 16 heavy (non-hydrogen) atoms. The number of hydrogen-bond acceptors (Lipinski definition) is 4. The molecule has 0 unspecified atom stereocenters. The van der Waals surface area contributed by atoms with E-state index in [1.54, 1.807) is 12.3 Å². The zero-order valence-electron chi connectivity index (χ0n) is 8.98. The number of nitrogen functional groups attached to an aromatic ring is 1. The maximum atomic E-state index is 9.88. The maximum Gasteiger partial charge on any atom is 0.293 e. The van der Waals surface area contributed by atoms with Crippen LogP contribution in [0.3, 0.4) is 0 Å². The lowest BCUT2D eigenvalue weighted by Crippen LogP contribution is -2.12. The molecule has 1 heterocycles. The van der Waals surface area contributed by atoms with Gasteiger partial charge in [0, 0.05) is 6.20 Å². The maximum absolute atomic E-state index is 9.88. The molecule has 5 heteroatoms. The first-order valence-corrected chi connectivity index (χ1v) is 5.08. The van der Waals surface area contributed by atoms with Crippen molar-refractivity contribution in [3.8, 4) is 0 Å². The molecule has 5 nitrogen and oxygen atoms in total. The summed E-state index contributed by atoms with van der Waals surface area (Å²) < 4.78 is 4.58. The monoisotopic (exact) mass is 221 g/mol. The molecule has 0 radical (unpaired) electrons. The number of rotatable bonds is 7. The summed E-state index contributed by atoms with van der Waals surface area (Å²) >= 11 is 0. The van der Waals surface area contributed by atoms with E-state index in [2.05, 4.69) is 9.72 Å². The third kappa shape index (κ3) is 4.08. The van der Waals surface area contributed by atoms with Crippen LogP contribution in [0, 0.1) is 5.41 Å². The van der Waals surface area contributed by atoms with Crippen molar-refractivity contribution < 1.29 is 9.53 Å². The lowest BCUT2D eigenvalue weighted by molar-refractivity contribution is -0.128. The summed E-state index contributed by atoms with van der Waals surface area (Å²) in [4.78, 5) is 13.9. The molecule has 0 fully saturated rings. The lowest BCUT2D eigenvalue weighted by Gasteiger charge is -2.02. The number of aryl methyl sites for hydroxylation is 1. The second-order valence-electron chi connectivity index (χ2n) is 3.39. The number of pyridine rings is 1. The fourth-order valence-electron chi connectivity index (χ4n) is 1.29. The number of ether oxygens (including phenoxy) is 1. The number of carbonyl (C=O) groups excluding carboxylic acids is 1. The fourth-order valence-corrected chi connectivity index (χ4v) is 1.29. The summed E-state index contributed by atoms with van der Waals surface area (Å²) in [6.07, 6.45) is 4.38. The first-order chi connectivity index (χ1) is 7.74. The third-order valence-electron chi connectivity index (χ3n) is 2.15. The molecule has 1 aromatic rings. The highest BCUT2D eigenvalue weighted by Gasteiger charge is 1.98. The Morgan fingerprint density at radius 3 is 2.88 bits per heavy atom. The molecule has 3 N–H and O–H groups in total. The molecule has 0 atom stereocenters. The Kier molecular flexibility index (Phi) is 4.98. The van der Waals surface area contributed by atoms with Crippen LogP contribution in [0.1, 0.15) is 24.1 Å². The van der Waals surface area contributed by atoms with Crippen LogP contribution in [0.5, 0.6) is 0 Å². The van der Waals surface area contributed by atoms with Crippen molar-refractivity contribution >= 4 is 12.3 Å². The SMILES string of the molecule is N=C(N)c1ccc(CCCCOC=O)cn1. The zero-order chi connectivity index (χ0) is 11.8. The molecule has 0 aliphatic heterocycles. The van der Waals surface area contributed by atoms with Gasteiger partial charge >= 0.3 is 0 Å². The van der Waals surface area contributed by atoms with Gasteiger partial charge in [-0.3, -0.25) is 15.2 Å². The van der Waals surface area contributed by atoms with Crippen LogP contribution in [0.4, 0.5) is 0 Å². The first-order valence-electron chi connectivity index (χ1n) is 5.08. The molecule has 0 aliphatic rings. The Labute approximate surface area is 94.1 Å². The van der Waals surface area contributed by atoms with E-state index in [9.17, 15) is 4.79 Å². The number of carbonyl (C=O) groups is 1. The van der Waals surface area contributed by atoms with E-state index in [-0.39, 0.29) is 5.84 Å². The van der Waals surface area contributed by atoms with Crippen LogP contribution in [0.25, 0.3) is 0 Å². The minimum Gasteiger partial charge on any atom is -0.468 e. The Morgan fingerprint density at radius 2 is 2.31 bits per heavy atom. The van der Waals surface area contributed by atoms with Crippen LogP contribution in [0.15, 0.2) is 18.3 Å². The number of nitrogens with two attached hydrogens (primary N) is 1. The minimum absolute atomic E-state index is 0.0223. The van der Waals surface area contributed by atoms with Crippen LogP contribution < -0.4 is 5.73 Å². The van der Waals surface area contributed by atoms with Gasteiger partial charge in [0.05, 0.1) is 6.61 Å². The minimum atomic E-state index is -0.0223. The van der Waals surface area contributed by atoms with Crippen LogP contribution in [0.2, 0.25) is 0 Å². The van der Waals surface area contributed by atoms with Crippen LogP contribution in [-0.2, 0) is 16.0 Å². The molecular weight excluding hydrogens is 206 g/mol. The molecule has 0 bridgehead atoms. The van der Waals surface area contributed by atoms with Crippen molar-refractivity contribution in [2.75, 3.05) is 6.61 Å². The topological polar surface area (TPSA) is 89.1 Å². The molecule has 0 saturated carbocycles. The molecule has 0 spiro atoms. The number of hydrogen-bond donors (Lipinski definition) is 2.